The Labute approximate surface area is 163 Å². The van der Waals surface area contributed by atoms with E-state index in [2.05, 4.69) is 20.8 Å². The maximum absolute atomic E-state index is 12.9. The van der Waals surface area contributed by atoms with E-state index in [1.165, 1.54) is 24.3 Å². The van der Waals surface area contributed by atoms with Gasteiger partial charge in [0.1, 0.15) is 5.82 Å². The lowest BCUT2D eigenvalue weighted by atomic mass is 10.2. The second-order valence-corrected chi connectivity index (χ2v) is 6.01. The Balaban J connectivity index is 1.28. The molecule has 0 atom stereocenters. The number of hydrogen-bond acceptors (Lipinski definition) is 7. The molecule has 2 aromatic carbocycles. The number of halogens is 1. The van der Waals surface area contributed by atoms with E-state index in [9.17, 15) is 14.0 Å². The van der Waals surface area contributed by atoms with E-state index in [1.807, 2.05) is 0 Å². The van der Waals surface area contributed by atoms with Crippen molar-refractivity contribution in [2.45, 2.75) is 0 Å². The summed E-state index contributed by atoms with van der Waals surface area (Å²) in [7, 11) is 0. The van der Waals surface area contributed by atoms with Crippen LogP contribution in [0.5, 0.6) is 11.5 Å². The number of rotatable bonds is 6. The molecule has 0 spiro atoms. The van der Waals surface area contributed by atoms with Gasteiger partial charge in [-0.1, -0.05) is 5.16 Å². The monoisotopic (exact) mass is 398 g/mol. The van der Waals surface area contributed by atoms with E-state index in [0.717, 1.165) is 0 Å². The lowest BCUT2D eigenvalue weighted by Gasteiger charge is -2.05. The molecule has 0 unspecified atom stereocenters. The largest absolute Gasteiger partial charge is 0.454 e. The van der Waals surface area contributed by atoms with E-state index >= 15 is 0 Å². The Bertz CT molecular complexity index is 1050. The lowest BCUT2D eigenvalue weighted by molar-refractivity contribution is 0.0898. The van der Waals surface area contributed by atoms with Crippen LogP contribution in [0.3, 0.4) is 0 Å². The predicted molar refractivity (Wildman–Crippen MR) is 96.9 cm³/mol. The smallest absolute Gasteiger partial charge is 0.316 e. The van der Waals surface area contributed by atoms with Crippen LogP contribution in [0.25, 0.3) is 11.4 Å². The lowest BCUT2D eigenvalue weighted by Crippen LogP contribution is -2.34. The molecule has 3 aromatic rings. The molecule has 148 valence electrons. The minimum absolute atomic E-state index is 0.146. The first-order valence-corrected chi connectivity index (χ1v) is 8.66. The number of nitrogens with one attached hydrogen (secondary N) is 2. The highest BCUT2D eigenvalue weighted by Gasteiger charge is 2.19. The van der Waals surface area contributed by atoms with Crippen molar-refractivity contribution in [2.75, 3.05) is 19.9 Å². The molecule has 9 nitrogen and oxygen atoms in total. The van der Waals surface area contributed by atoms with E-state index < -0.39 is 11.7 Å². The van der Waals surface area contributed by atoms with E-state index in [4.69, 9.17) is 14.0 Å². The van der Waals surface area contributed by atoms with Crippen molar-refractivity contribution in [1.29, 1.82) is 0 Å². The van der Waals surface area contributed by atoms with E-state index in [0.29, 0.717) is 22.6 Å². The van der Waals surface area contributed by atoms with Crippen molar-refractivity contribution in [2.24, 2.45) is 0 Å². The average Bonchev–Trinajstić information content (AvgIpc) is 3.40. The summed E-state index contributed by atoms with van der Waals surface area (Å²) in [6, 6.07) is 10.3. The molecule has 29 heavy (non-hydrogen) atoms. The molecule has 10 heteroatoms. The summed E-state index contributed by atoms with van der Waals surface area (Å²) in [6.45, 7) is 0.467. The quantitative estimate of drug-likeness (QED) is 0.608. The van der Waals surface area contributed by atoms with Gasteiger partial charge in [0.05, 0.1) is 0 Å². The summed E-state index contributed by atoms with van der Waals surface area (Å²) in [5, 5.41) is 8.97. The van der Waals surface area contributed by atoms with Gasteiger partial charge in [-0.15, -0.1) is 0 Å². The van der Waals surface area contributed by atoms with Gasteiger partial charge in [0, 0.05) is 24.2 Å². The molecule has 1 aromatic heterocycles. The number of benzene rings is 2. The number of carbonyl (C=O) groups is 2. The Hall–Kier alpha value is -3.95. The predicted octanol–water partition coefficient (Wildman–Crippen LogP) is 1.76. The highest BCUT2D eigenvalue weighted by molar-refractivity contribution is 5.94. The van der Waals surface area contributed by atoms with Crippen molar-refractivity contribution in [3.05, 3.63) is 59.7 Å². The normalized spacial score (nSPS) is 11.9. The zero-order chi connectivity index (χ0) is 20.2. The number of ether oxygens (including phenoxy) is 2. The standard InChI is InChI=1S/C19H15FN4O5/c20-13-4-1-11(2-5-13)17(25)21-7-8-22-18(26)19-23-16(24-29-19)12-3-6-14-15(9-12)28-10-27-14/h1-6,9H,7-8,10H2,(H,21,25)(H,22,26). The van der Waals surface area contributed by atoms with Gasteiger partial charge in [-0.3, -0.25) is 9.59 Å². The molecule has 0 saturated carbocycles. The maximum Gasteiger partial charge on any atom is 0.316 e. The maximum atomic E-state index is 12.9. The molecule has 0 saturated heterocycles. The highest BCUT2D eigenvalue weighted by Crippen LogP contribution is 2.35. The fourth-order valence-corrected chi connectivity index (χ4v) is 2.60. The number of nitrogens with zero attached hydrogens (tertiary/aromatic N) is 2. The molecular weight excluding hydrogens is 383 g/mol. The summed E-state index contributed by atoms with van der Waals surface area (Å²) in [5.41, 5.74) is 0.937. The van der Waals surface area contributed by atoms with Crippen LogP contribution in [0.2, 0.25) is 0 Å². The number of amides is 2. The first kappa shape index (κ1) is 18.4. The zero-order valence-electron chi connectivity index (χ0n) is 15.0. The van der Waals surface area contributed by atoms with Gasteiger partial charge in [0.25, 0.3) is 5.91 Å². The number of hydrogen-bond donors (Lipinski definition) is 2. The fourth-order valence-electron chi connectivity index (χ4n) is 2.60. The van der Waals surface area contributed by atoms with Crippen LogP contribution in [0.15, 0.2) is 47.0 Å². The minimum atomic E-state index is -0.569. The Morgan fingerprint density at radius 1 is 0.966 bits per heavy atom. The first-order valence-electron chi connectivity index (χ1n) is 8.66. The fraction of sp³-hybridized carbons (Fsp3) is 0.158. The van der Waals surface area contributed by atoms with Crippen molar-refractivity contribution in [3.8, 4) is 22.9 Å². The van der Waals surface area contributed by atoms with Gasteiger partial charge in [-0.2, -0.15) is 4.98 Å². The molecule has 2 amide bonds. The van der Waals surface area contributed by atoms with Crippen LogP contribution in [0.4, 0.5) is 4.39 Å². The molecule has 2 heterocycles. The Kier molecular flexibility index (Phi) is 5.06. The third-order valence-electron chi connectivity index (χ3n) is 4.05. The molecule has 0 fully saturated rings. The first-order chi connectivity index (χ1) is 14.1. The van der Waals surface area contributed by atoms with Crippen LogP contribution < -0.4 is 20.1 Å². The second-order valence-electron chi connectivity index (χ2n) is 6.01. The van der Waals surface area contributed by atoms with Gasteiger partial charge < -0.3 is 24.6 Å². The van der Waals surface area contributed by atoms with E-state index in [-0.39, 0.29) is 37.5 Å². The van der Waals surface area contributed by atoms with Crippen molar-refractivity contribution in [1.82, 2.24) is 20.8 Å². The molecule has 0 bridgehead atoms. The van der Waals surface area contributed by atoms with Crippen LogP contribution in [-0.2, 0) is 0 Å². The van der Waals surface area contributed by atoms with Gasteiger partial charge in [0.15, 0.2) is 11.5 Å². The minimum Gasteiger partial charge on any atom is -0.454 e. The van der Waals surface area contributed by atoms with Gasteiger partial charge in [0.2, 0.25) is 12.6 Å². The SMILES string of the molecule is O=C(NCCNC(=O)c1nc(-c2ccc3c(c2)OCO3)no1)c1ccc(F)cc1. The third kappa shape index (κ3) is 4.15. The average molecular weight is 398 g/mol. The van der Waals surface area contributed by atoms with Gasteiger partial charge in [-0.25, -0.2) is 4.39 Å². The molecule has 4 rings (SSSR count). The molecule has 2 N–H and O–H groups in total. The van der Waals surface area contributed by atoms with E-state index in [1.54, 1.807) is 18.2 Å². The third-order valence-corrected chi connectivity index (χ3v) is 4.05. The summed E-state index contributed by atoms with van der Waals surface area (Å²) in [4.78, 5) is 28.1. The number of carbonyl (C=O) groups excluding carboxylic acids is 2. The van der Waals surface area contributed by atoms with Gasteiger partial charge >= 0.3 is 11.8 Å². The van der Waals surface area contributed by atoms with Crippen LogP contribution in [0.1, 0.15) is 21.0 Å². The molecule has 1 aliphatic rings. The zero-order valence-corrected chi connectivity index (χ0v) is 15.0. The Morgan fingerprint density at radius 2 is 1.69 bits per heavy atom. The molecular formula is C19H15FN4O5. The number of aromatic nitrogens is 2. The molecule has 1 aliphatic heterocycles. The summed E-state index contributed by atoms with van der Waals surface area (Å²) >= 11 is 0. The highest BCUT2D eigenvalue weighted by atomic mass is 19.1. The summed E-state index contributed by atoms with van der Waals surface area (Å²) in [6.07, 6.45) is 0. The van der Waals surface area contributed by atoms with Crippen LogP contribution >= 0.6 is 0 Å². The van der Waals surface area contributed by atoms with Crippen molar-refractivity contribution < 1.29 is 28.0 Å². The van der Waals surface area contributed by atoms with Crippen molar-refractivity contribution >= 4 is 11.8 Å². The topological polar surface area (TPSA) is 116 Å². The van der Waals surface area contributed by atoms with Crippen molar-refractivity contribution in [3.63, 3.8) is 0 Å². The van der Waals surface area contributed by atoms with Crippen LogP contribution in [-0.4, -0.2) is 41.8 Å². The second kappa shape index (κ2) is 7.97. The molecule has 0 aliphatic carbocycles. The summed E-state index contributed by atoms with van der Waals surface area (Å²) < 4.78 is 28.4. The Morgan fingerprint density at radius 3 is 2.48 bits per heavy atom. The van der Waals surface area contributed by atoms with Crippen LogP contribution in [0, 0.1) is 5.82 Å². The van der Waals surface area contributed by atoms with Gasteiger partial charge in [-0.05, 0) is 42.5 Å². The number of fused-ring (bicyclic) bond motifs is 1. The molecule has 0 radical (unpaired) electrons. The summed E-state index contributed by atoms with van der Waals surface area (Å²) in [5.74, 6) is -0.148.